The van der Waals surface area contributed by atoms with E-state index in [4.69, 9.17) is 0 Å². The predicted octanol–water partition coefficient (Wildman–Crippen LogP) is 3.90. The van der Waals surface area contributed by atoms with Gasteiger partial charge in [0.05, 0.1) is 16.2 Å². The van der Waals surface area contributed by atoms with Crippen molar-refractivity contribution in [1.29, 1.82) is 0 Å². The Kier molecular flexibility index (Phi) is 5.44. The Labute approximate surface area is 139 Å². The molecule has 2 aromatic rings. The third-order valence-electron chi connectivity index (χ3n) is 3.78. The minimum absolute atomic E-state index is 0.276. The quantitative estimate of drug-likeness (QED) is 0.806. The van der Waals surface area contributed by atoms with Gasteiger partial charge in [0.1, 0.15) is 0 Å². The standard InChI is InChI=1S/C18H24O3SSi/c1-23(2,3)14-17(18(19)15-10-6-4-7-11-15)22(20,21)16-12-8-5-9-13-16/h4-13,17-19H,14H2,1-3H3/t17-,18+/m1/s1. The maximum atomic E-state index is 13.1. The van der Waals surface area contributed by atoms with E-state index in [0.717, 1.165) is 0 Å². The molecule has 0 saturated carbocycles. The molecular weight excluding hydrogens is 324 g/mol. The van der Waals surface area contributed by atoms with Crippen molar-refractivity contribution in [1.82, 2.24) is 0 Å². The number of hydrogen-bond acceptors (Lipinski definition) is 3. The molecule has 3 nitrogen and oxygen atoms in total. The number of rotatable bonds is 6. The summed E-state index contributed by atoms with van der Waals surface area (Å²) in [6.07, 6.45) is -1.02. The molecule has 0 unspecified atom stereocenters. The number of aliphatic hydroxyl groups is 1. The van der Waals surface area contributed by atoms with Gasteiger partial charge >= 0.3 is 0 Å². The van der Waals surface area contributed by atoms with Crippen molar-refractivity contribution in [2.45, 2.75) is 41.9 Å². The zero-order valence-electron chi connectivity index (χ0n) is 13.8. The molecule has 0 fully saturated rings. The summed E-state index contributed by atoms with van der Waals surface area (Å²) in [5.41, 5.74) is 0.648. The summed E-state index contributed by atoms with van der Waals surface area (Å²) in [5.74, 6) is 0. The van der Waals surface area contributed by atoms with Gasteiger partial charge in [0.25, 0.3) is 0 Å². The van der Waals surface area contributed by atoms with Crippen molar-refractivity contribution in [2.75, 3.05) is 0 Å². The highest BCUT2D eigenvalue weighted by Gasteiger charge is 2.37. The molecule has 0 aliphatic carbocycles. The van der Waals surface area contributed by atoms with Crippen LogP contribution in [0.3, 0.4) is 0 Å². The van der Waals surface area contributed by atoms with Crippen LogP contribution in [0.5, 0.6) is 0 Å². The third-order valence-corrected chi connectivity index (χ3v) is 7.89. The first-order valence-corrected chi connectivity index (χ1v) is 13.0. The molecule has 5 heteroatoms. The van der Waals surface area contributed by atoms with Gasteiger partial charge in [-0.25, -0.2) is 8.42 Å². The Hall–Kier alpha value is -1.43. The largest absolute Gasteiger partial charge is 0.387 e. The van der Waals surface area contributed by atoms with Crippen LogP contribution in [0.2, 0.25) is 25.7 Å². The molecule has 1 N–H and O–H groups in total. The summed E-state index contributed by atoms with van der Waals surface area (Å²) in [4.78, 5) is 0.276. The fourth-order valence-electron chi connectivity index (χ4n) is 2.64. The van der Waals surface area contributed by atoms with Gasteiger partial charge in [0.15, 0.2) is 9.84 Å². The molecule has 0 radical (unpaired) electrons. The minimum atomic E-state index is -3.60. The van der Waals surface area contributed by atoms with Gasteiger partial charge in [-0.1, -0.05) is 68.2 Å². The van der Waals surface area contributed by atoms with E-state index >= 15 is 0 Å². The van der Waals surface area contributed by atoms with Crippen molar-refractivity contribution in [3.63, 3.8) is 0 Å². The molecule has 2 atom stereocenters. The molecule has 0 amide bonds. The SMILES string of the molecule is C[Si](C)(C)C[C@H]([C@@H](O)c1ccccc1)S(=O)(=O)c1ccccc1. The zero-order valence-corrected chi connectivity index (χ0v) is 15.6. The second-order valence-corrected chi connectivity index (χ2v) is 14.7. The second kappa shape index (κ2) is 6.99. The van der Waals surface area contributed by atoms with Crippen molar-refractivity contribution in [3.8, 4) is 0 Å². The van der Waals surface area contributed by atoms with Crippen LogP contribution in [0.15, 0.2) is 65.6 Å². The van der Waals surface area contributed by atoms with Crippen molar-refractivity contribution >= 4 is 17.9 Å². The summed E-state index contributed by atoms with van der Waals surface area (Å²) in [6, 6.07) is 18.0. The lowest BCUT2D eigenvalue weighted by atomic mass is 10.1. The van der Waals surface area contributed by atoms with E-state index in [-0.39, 0.29) is 4.90 Å². The monoisotopic (exact) mass is 348 g/mol. The minimum Gasteiger partial charge on any atom is -0.387 e. The average molecular weight is 349 g/mol. The van der Waals surface area contributed by atoms with Gasteiger partial charge in [-0.05, 0) is 23.7 Å². The highest BCUT2D eigenvalue weighted by Crippen LogP contribution is 2.32. The Morgan fingerprint density at radius 2 is 1.39 bits per heavy atom. The summed E-state index contributed by atoms with van der Waals surface area (Å²) in [7, 11) is -5.29. The van der Waals surface area contributed by atoms with Crippen LogP contribution in [-0.2, 0) is 9.84 Å². The lowest BCUT2D eigenvalue weighted by Crippen LogP contribution is -2.36. The Balaban J connectivity index is 2.46. The number of benzene rings is 2. The van der Waals surface area contributed by atoms with Crippen LogP contribution in [0.25, 0.3) is 0 Å². The first kappa shape index (κ1) is 17.9. The summed E-state index contributed by atoms with van der Waals surface area (Å²) in [5, 5.41) is 9.96. The first-order chi connectivity index (χ1) is 10.7. The van der Waals surface area contributed by atoms with Gasteiger partial charge in [-0.3, -0.25) is 0 Å². The molecule has 0 bridgehead atoms. The predicted molar refractivity (Wildman–Crippen MR) is 97.0 cm³/mol. The molecule has 0 aliphatic rings. The number of aliphatic hydroxyl groups excluding tert-OH is 1. The molecule has 2 rings (SSSR count). The van der Waals surface area contributed by atoms with E-state index in [0.29, 0.717) is 11.6 Å². The van der Waals surface area contributed by atoms with Crippen molar-refractivity contribution in [2.24, 2.45) is 0 Å². The molecule has 0 aliphatic heterocycles. The summed E-state index contributed by atoms with van der Waals surface area (Å²) in [6.45, 7) is 6.37. The highest BCUT2D eigenvalue weighted by molar-refractivity contribution is 7.92. The van der Waals surface area contributed by atoms with Crippen molar-refractivity contribution in [3.05, 3.63) is 66.2 Å². The smallest absolute Gasteiger partial charge is 0.183 e. The third kappa shape index (κ3) is 4.53. The van der Waals surface area contributed by atoms with E-state index in [1.807, 2.05) is 18.2 Å². The van der Waals surface area contributed by atoms with E-state index in [1.54, 1.807) is 42.5 Å². The molecule has 0 heterocycles. The van der Waals surface area contributed by atoms with Gasteiger partial charge in [-0.2, -0.15) is 0 Å². The lowest BCUT2D eigenvalue weighted by Gasteiger charge is -2.28. The van der Waals surface area contributed by atoms with Crippen LogP contribution < -0.4 is 0 Å². The van der Waals surface area contributed by atoms with Crippen LogP contribution in [-0.4, -0.2) is 26.8 Å². The van der Waals surface area contributed by atoms with E-state index in [2.05, 4.69) is 19.6 Å². The molecule has 124 valence electrons. The van der Waals surface area contributed by atoms with Crippen LogP contribution >= 0.6 is 0 Å². The lowest BCUT2D eigenvalue weighted by molar-refractivity contribution is 0.175. The second-order valence-electron chi connectivity index (χ2n) is 7.02. The Bertz CT molecular complexity index is 722. The average Bonchev–Trinajstić information content (AvgIpc) is 2.53. The normalized spacial score (nSPS) is 15.1. The van der Waals surface area contributed by atoms with Crippen LogP contribution in [0.4, 0.5) is 0 Å². The van der Waals surface area contributed by atoms with E-state index in [1.165, 1.54) is 0 Å². The van der Waals surface area contributed by atoms with Crippen LogP contribution in [0.1, 0.15) is 11.7 Å². The van der Waals surface area contributed by atoms with E-state index < -0.39 is 29.3 Å². The fraction of sp³-hybridized carbons (Fsp3) is 0.333. The van der Waals surface area contributed by atoms with Crippen LogP contribution in [0, 0.1) is 0 Å². The summed E-state index contributed by atoms with van der Waals surface area (Å²) < 4.78 is 26.2. The Morgan fingerprint density at radius 1 is 0.913 bits per heavy atom. The van der Waals surface area contributed by atoms with Gasteiger partial charge in [0, 0.05) is 8.07 Å². The molecule has 2 aromatic carbocycles. The van der Waals surface area contributed by atoms with E-state index in [9.17, 15) is 13.5 Å². The number of hydrogen-bond donors (Lipinski definition) is 1. The summed E-state index contributed by atoms with van der Waals surface area (Å²) >= 11 is 0. The number of sulfone groups is 1. The molecular formula is C18H24O3SSi. The molecule has 0 saturated heterocycles. The molecule has 0 spiro atoms. The van der Waals surface area contributed by atoms with Crippen molar-refractivity contribution < 1.29 is 13.5 Å². The maximum absolute atomic E-state index is 13.1. The fourth-order valence-corrected chi connectivity index (χ4v) is 7.84. The van der Waals surface area contributed by atoms with Gasteiger partial charge < -0.3 is 5.11 Å². The first-order valence-electron chi connectivity index (χ1n) is 7.74. The Morgan fingerprint density at radius 3 is 1.87 bits per heavy atom. The van der Waals surface area contributed by atoms with Gasteiger partial charge in [0.2, 0.25) is 0 Å². The molecule has 23 heavy (non-hydrogen) atoms. The topological polar surface area (TPSA) is 54.4 Å². The molecule has 0 aromatic heterocycles. The van der Waals surface area contributed by atoms with Gasteiger partial charge in [-0.15, -0.1) is 0 Å². The zero-order chi connectivity index (χ0) is 17.1. The maximum Gasteiger partial charge on any atom is 0.183 e. The highest BCUT2D eigenvalue weighted by atomic mass is 32.2.